The zero-order valence-electron chi connectivity index (χ0n) is 9.33. The molecule has 1 heterocycles. The normalized spacial score (nSPS) is 11.6. The number of aromatic nitrogens is 1. The molecule has 0 atom stereocenters. The Morgan fingerprint density at radius 1 is 1.19 bits per heavy atom. The Kier molecular flexibility index (Phi) is 1.75. The van der Waals surface area contributed by atoms with Crippen LogP contribution in [-0.4, -0.2) is 4.57 Å². The quantitative estimate of drug-likeness (QED) is 0.615. The number of hydrogen-bond acceptors (Lipinski definition) is 1. The average Bonchev–Trinajstić information content (AvgIpc) is 2.59. The van der Waals surface area contributed by atoms with Gasteiger partial charge < -0.3 is 10.3 Å². The summed E-state index contributed by atoms with van der Waals surface area (Å²) < 4.78 is 2.23. The van der Waals surface area contributed by atoms with E-state index < -0.39 is 0 Å². The third kappa shape index (κ3) is 0.963. The van der Waals surface area contributed by atoms with Gasteiger partial charge in [-0.2, -0.15) is 0 Å². The summed E-state index contributed by atoms with van der Waals surface area (Å²) in [5, 5.41) is 4.66. The van der Waals surface area contributed by atoms with E-state index in [-0.39, 0.29) is 0 Å². The molecule has 3 rings (SSSR count). The van der Waals surface area contributed by atoms with Gasteiger partial charge in [-0.1, -0.05) is 24.8 Å². The van der Waals surface area contributed by atoms with Gasteiger partial charge in [0.05, 0.1) is 0 Å². The van der Waals surface area contributed by atoms with Crippen molar-refractivity contribution in [2.75, 3.05) is 5.73 Å². The fourth-order valence-corrected chi connectivity index (χ4v) is 2.53. The fourth-order valence-electron chi connectivity index (χ4n) is 2.53. The lowest BCUT2D eigenvalue weighted by molar-refractivity contribution is 0.779. The molecule has 0 aliphatic carbocycles. The molecule has 0 radical (unpaired) electrons. The van der Waals surface area contributed by atoms with Crippen molar-refractivity contribution in [3.8, 4) is 0 Å². The molecule has 0 aliphatic rings. The van der Waals surface area contributed by atoms with Crippen LogP contribution >= 0.6 is 0 Å². The molecule has 0 spiro atoms. The van der Waals surface area contributed by atoms with Crippen LogP contribution in [0.15, 0.2) is 30.3 Å². The molecule has 0 amide bonds. The van der Waals surface area contributed by atoms with E-state index >= 15 is 0 Å². The first-order valence-electron chi connectivity index (χ1n) is 5.52. The number of rotatable bonds is 1. The van der Waals surface area contributed by atoms with E-state index in [0.29, 0.717) is 0 Å². The number of aryl methyl sites for hydroxylation is 1. The highest BCUT2D eigenvalue weighted by molar-refractivity contribution is 6.13. The Hall–Kier alpha value is -1.96. The van der Waals surface area contributed by atoms with Crippen LogP contribution in [0.5, 0.6) is 0 Å². The van der Waals surface area contributed by atoms with Crippen molar-refractivity contribution in [3.63, 3.8) is 0 Å². The molecule has 0 unspecified atom stereocenters. The largest absolute Gasteiger partial charge is 0.398 e. The van der Waals surface area contributed by atoms with Gasteiger partial charge >= 0.3 is 0 Å². The number of anilines is 1. The van der Waals surface area contributed by atoms with Crippen molar-refractivity contribution >= 4 is 33.9 Å². The molecule has 1 aromatic heterocycles. The molecule has 2 aromatic carbocycles. The van der Waals surface area contributed by atoms with Crippen molar-refractivity contribution in [1.29, 1.82) is 0 Å². The summed E-state index contributed by atoms with van der Waals surface area (Å²) in [6.45, 7) is 7.24. The van der Waals surface area contributed by atoms with Gasteiger partial charge in [0.1, 0.15) is 0 Å². The van der Waals surface area contributed by atoms with E-state index in [2.05, 4.69) is 36.3 Å². The van der Waals surface area contributed by atoms with Gasteiger partial charge in [0.15, 0.2) is 0 Å². The molecular weight excluding hydrogens is 196 g/mol. The maximum atomic E-state index is 6.01. The summed E-state index contributed by atoms with van der Waals surface area (Å²) in [6, 6.07) is 10.3. The first-order valence-corrected chi connectivity index (χ1v) is 5.52. The van der Waals surface area contributed by atoms with Gasteiger partial charge in [0.2, 0.25) is 0 Å². The summed E-state index contributed by atoms with van der Waals surface area (Å²) in [5.74, 6) is 0. The van der Waals surface area contributed by atoms with Gasteiger partial charge in [0, 0.05) is 39.3 Å². The van der Waals surface area contributed by atoms with Gasteiger partial charge in [0.25, 0.3) is 0 Å². The number of nitrogens with two attached hydrogens (primary N) is 1. The molecule has 2 N–H and O–H groups in total. The minimum atomic E-state index is 0.839. The predicted octanol–water partition coefficient (Wildman–Crippen LogP) is 2.53. The minimum absolute atomic E-state index is 0.839. The Bertz CT molecular complexity index is 722. The van der Waals surface area contributed by atoms with E-state index in [0.717, 1.165) is 23.0 Å². The summed E-state index contributed by atoms with van der Waals surface area (Å²) >= 11 is 0. The second-order valence-corrected chi connectivity index (χ2v) is 4.09. The highest BCUT2D eigenvalue weighted by Gasteiger charge is 2.10. The first kappa shape index (κ1) is 9.28. The van der Waals surface area contributed by atoms with E-state index in [9.17, 15) is 0 Å². The lowest BCUT2D eigenvalue weighted by Gasteiger charge is -2.03. The van der Waals surface area contributed by atoms with Gasteiger partial charge in [-0.15, -0.1) is 0 Å². The molecular formula is C14H14N2. The molecule has 80 valence electrons. The molecule has 0 fully saturated rings. The molecule has 0 bridgehead atoms. The van der Waals surface area contributed by atoms with Crippen LogP contribution in [0.1, 0.15) is 6.92 Å². The highest BCUT2D eigenvalue weighted by atomic mass is 15.0. The molecule has 0 saturated carbocycles. The smallest absolute Gasteiger partial charge is 0.0498 e. The number of nitrogens with zero attached hydrogens (tertiary/aromatic N) is 1. The Morgan fingerprint density at radius 3 is 2.69 bits per heavy atom. The van der Waals surface area contributed by atoms with Crippen LogP contribution < -0.4 is 11.1 Å². The molecule has 16 heavy (non-hydrogen) atoms. The fraction of sp³-hybridized carbons (Fsp3) is 0.143. The van der Waals surface area contributed by atoms with Crippen molar-refractivity contribution in [1.82, 2.24) is 4.57 Å². The Balaban J connectivity index is 2.72. The Morgan fingerprint density at radius 2 is 1.94 bits per heavy atom. The van der Waals surface area contributed by atoms with Crippen molar-refractivity contribution in [2.24, 2.45) is 0 Å². The zero-order chi connectivity index (χ0) is 11.3. The van der Waals surface area contributed by atoms with Crippen molar-refractivity contribution < 1.29 is 0 Å². The molecule has 2 heteroatoms. The summed E-state index contributed by atoms with van der Waals surface area (Å²) in [6.07, 6.45) is 0. The standard InChI is InChI=1S/C14H14N2/c1-3-16-9(2)10-5-4-6-11-12(15)7-8-13(16)14(10)11/h4-8H,2-3,15H2,1H3. The topological polar surface area (TPSA) is 30.9 Å². The molecule has 0 saturated heterocycles. The van der Waals surface area contributed by atoms with Crippen LogP contribution in [0, 0.1) is 0 Å². The zero-order valence-corrected chi connectivity index (χ0v) is 9.33. The maximum absolute atomic E-state index is 6.01. The summed E-state index contributed by atoms with van der Waals surface area (Å²) in [4.78, 5) is 0. The van der Waals surface area contributed by atoms with Crippen LogP contribution in [0.25, 0.3) is 28.3 Å². The monoisotopic (exact) mass is 210 g/mol. The lowest BCUT2D eigenvalue weighted by atomic mass is 10.1. The number of nitrogen functional groups attached to an aromatic ring is 1. The average molecular weight is 210 g/mol. The third-order valence-corrected chi connectivity index (χ3v) is 3.30. The van der Waals surface area contributed by atoms with Crippen LogP contribution in [0.3, 0.4) is 0 Å². The van der Waals surface area contributed by atoms with E-state index in [1.54, 1.807) is 0 Å². The summed E-state index contributed by atoms with van der Waals surface area (Å²) in [7, 11) is 0. The van der Waals surface area contributed by atoms with Crippen molar-refractivity contribution in [2.45, 2.75) is 13.5 Å². The van der Waals surface area contributed by atoms with Gasteiger partial charge in [-0.3, -0.25) is 0 Å². The first-order chi connectivity index (χ1) is 7.74. The van der Waals surface area contributed by atoms with Crippen LogP contribution in [0.4, 0.5) is 5.69 Å². The Labute approximate surface area is 93.9 Å². The highest BCUT2D eigenvalue weighted by Crippen LogP contribution is 2.29. The van der Waals surface area contributed by atoms with Crippen LogP contribution in [0.2, 0.25) is 0 Å². The third-order valence-electron chi connectivity index (χ3n) is 3.30. The second kappa shape index (κ2) is 3.01. The maximum Gasteiger partial charge on any atom is 0.0498 e. The lowest BCUT2D eigenvalue weighted by Crippen LogP contribution is -2.12. The van der Waals surface area contributed by atoms with Crippen LogP contribution in [-0.2, 0) is 6.54 Å². The number of hydrogen-bond donors (Lipinski definition) is 1. The minimum Gasteiger partial charge on any atom is -0.398 e. The molecule has 2 nitrogen and oxygen atoms in total. The van der Waals surface area contributed by atoms with Gasteiger partial charge in [-0.25, -0.2) is 0 Å². The van der Waals surface area contributed by atoms with Crippen molar-refractivity contribution in [3.05, 3.63) is 35.7 Å². The van der Waals surface area contributed by atoms with E-state index in [1.807, 2.05) is 12.1 Å². The molecule has 0 aliphatic heterocycles. The van der Waals surface area contributed by atoms with E-state index in [1.165, 1.54) is 16.3 Å². The van der Waals surface area contributed by atoms with E-state index in [4.69, 9.17) is 5.73 Å². The van der Waals surface area contributed by atoms with Gasteiger partial charge in [-0.05, 0) is 19.1 Å². The SMILES string of the molecule is C=c1c2cccc3c(N)ccc(c32)n1CC. The molecule has 3 aromatic rings. The summed E-state index contributed by atoms with van der Waals surface area (Å²) in [5.41, 5.74) is 8.07. The number of benzene rings is 2. The predicted molar refractivity (Wildman–Crippen MR) is 70.3 cm³/mol. The second-order valence-electron chi connectivity index (χ2n) is 4.09.